The molecule has 55 heavy (non-hydrogen) atoms. The fourth-order valence-corrected chi connectivity index (χ4v) is 7.13. The first-order valence-electron chi connectivity index (χ1n) is 23.1. The molecule has 9 heteroatoms. The lowest BCUT2D eigenvalue weighted by molar-refractivity contribution is -0.870. The second kappa shape index (κ2) is 39.8. The van der Waals surface area contributed by atoms with Crippen molar-refractivity contribution in [3.8, 4) is 0 Å². The average Bonchev–Trinajstić information content (AvgIpc) is 3.13. The van der Waals surface area contributed by atoms with Crippen molar-refractivity contribution in [3.63, 3.8) is 0 Å². The monoisotopic (exact) mass is 800 g/mol. The number of phosphoric acid groups is 1. The fraction of sp³-hybridized carbons (Fsp3) is 0.891. The van der Waals surface area contributed by atoms with Crippen LogP contribution in [0.15, 0.2) is 24.3 Å². The highest BCUT2D eigenvalue weighted by Crippen LogP contribution is 2.38. The molecule has 0 saturated heterocycles. The number of nitrogens with zero attached hydrogens (tertiary/aromatic N) is 1. The van der Waals surface area contributed by atoms with E-state index in [4.69, 9.17) is 18.5 Å². The van der Waals surface area contributed by atoms with Crippen LogP contribution in [-0.4, -0.2) is 70.7 Å². The molecule has 0 aliphatic heterocycles. The van der Waals surface area contributed by atoms with Crippen LogP contribution >= 0.6 is 7.82 Å². The van der Waals surface area contributed by atoms with Crippen LogP contribution < -0.4 is 4.89 Å². The minimum absolute atomic E-state index is 0.0269. The van der Waals surface area contributed by atoms with E-state index in [1.54, 1.807) is 0 Å². The van der Waals surface area contributed by atoms with Crippen LogP contribution in [0.1, 0.15) is 206 Å². The predicted molar refractivity (Wildman–Crippen MR) is 231 cm³/mol. The number of hydrogen-bond acceptors (Lipinski definition) is 7. The van der Waals surface area contributed by atoms with Crippen molar-refractivity contribution in [3.05, 3.63) is 24.3 Å². The zero-order valence-corrected chi connectivity index (χ0v) is 37.8. The van der Waals surface area contributed by atoms with Gasteiger partial charge in [-0.15, -0.1) is 0 Å². The molecule has 0 amide bonds. The van der Waals surface area contributed by atoms with E-state index >= 15 is 0 Å². The van der Waals surface area contributed by atoms with Crippen molar-refractivity contribution in [1.29, 1.82) is 0 Å². The molecule has 0 aromatic rings. The van der Waals surface area contributed by atoms with E-state index in [-0.39, 0.29) is 25.8 Å². The molecule has 326 valence electrons. The van der Waals surface area contributed by atoms with Crippen LogP contribution in [0.5, 0.6) is 0 Å². The lowest BCUT2D eigenvalue weighted by Crippen LogP contribution is -2.37. The summed E-state index contributed by atoms with van der Waals surface area (Å²) in [6.07, 6.45) is 44.7. The predicted octanol–water partition coefficient (Wildman–Crippen LogP) is 13.0. The van der Waals surface area contributed by atoms with Crippen molar-refractivity contribution in [2.45, 2.75) is 213 Å². The van der Waals surface area contributed by atoms with Crippen LogP contribution in [0, 0.1) is 0 Å². The molecule has 0 bridgehead atoms. The normalized spacial score (nSPS) is 13.9. The van der Waals surface area contributed by atoms with Gasteiger partial charge in [0.25, 0.3) is 7.82 Å². The highest BCUT2D eigenvalue weighted by molar-refractivity contribution is 7.45. The number of likely N-dealkylation sites (N-methyl/N-ethyl adjacent to an activating group) is 1. The van der Waals surface area contributed by atoms with Gasteiger partial charge in [0.05, 0.1) is 34.4 Å². The SMILES string of the molecule is CCCCCC/C=C\C/C=C\CCCCCCCCCCOCC(COP(=O)([O-])OCC[N+](C)(C)C)OC(=O)CCCCCCCCCCCCCCCC. The van der Waals surface area contributed by atoms with Gasteiger partial charge in [-0.1, -0.05) is 179 Å². The molecule has 8 nitrogen and oxygen atoms in total. The second-order valence-electron chi connectivity index (χ2n) is 16.8. The number of allylic oxidation sites excluding steroid dienone is 4. The number of carbonyl (C=O) groups is 1. The first-order chi connectivity index (χ1) is 26.6. The van der Waals surface area contributed by atoms with Crippen LogP contribution in [0.2, 0.25) is 0 Å². The Bertz CT molecular complexity index is 936. The van der Waals surface area contributed by atoms with E-state index in [1.165, 1.54) is 148 Å². The highest BCUT2D eigenvalue weighted by Gasteiger charge is 2.20. The number of ether oxygens (including phenoxy) is 2. The van der Waals surface area contributed by atoms with Crippen LogP contribution in [0.3, 0.4) is 0 Å². The third-order valence-corrected chi connectivity index (χ3v) is 11.0. The lowest BCUT2D eigenvalue weighted by Gasteiger charge is -2.28. The molecule has 0 N–H and O–H groups in total. The number of carbonyl (C=O) groups excluding carboxylic acids is 1. The van der Waals surface area contributed by atoms with Gasteiger partial charge in [-0.3, -0.25) is 9.36 Å². The van der Waals surface area contributed by atoms with Gasteiger partial charge in [0.1, 0.15) is 19.3 Å². The Hall–Kier alpha value is -1.02. The fourth-order valence-electron chi connectivity index (χ4n) is 6.40. The largest absolute Gasteiger partial charge is 0.756 e. The molecule has 0 fully saturated rings. The third-order valence-electron chi connectivity index (χ3n) is 10.0. The first kappa shape index (κ1) is 54.0. The van der Waals surface area contributed by atoms with Crippen molar-refractivity contribution >= 4 is 13.8 Å². The Labute approximate surface area is 341 Å². The van der Waals surface area contributed by atoms with Gasteiger partial charge in [0.2, 0.25) is 0 Å². The summed E-state index contributed by atoms with van der Waals surface area (Å²) in [6.45, 7) is 5.41. The Morgan fingerprint density at radius 1 is 0.564 bits per heavy atom. The summed E-state index contributed by atoms with van der Waals surface area (Å²) in [7, 11) is 1.36. The maximum atomic E-state index is 12.7. The average molecular weight is 800 g/mol. The summed E-state index contributed by atoms with van der Waals surface area (Å²) < 4.78 is 34.6. The smallest absolute Gasteiger partial charge is 0.306 e. The minimum atomic E-state index is -4.52. The van der Waals surface area contributed by atoms with Gasteiger partial charge in [-0.2, -0.15) is 0 Å². The summed E-state index contributed by atoms with van der Waals surface area (Å²) in [5, 5.41) is 0. The van der Waals surface area contributed by atoms with Crippen molar-refractivity contribution < 1.29 is 37.3 Å². The lowest BCUT2D eigenvalue weighted by atomic mass is 10.0. The second-order valence-corrected chi connectivity index (χ2v) is 18.2. The third kappa shape index (κ3) is 43.9. The Balaban J connectivity index is 4.18. The van der Waals surface area contributed by atoms with Crippen LogP contribution in [-0.2, 0) is 27.9 Å². The van der Waals surface area contributed by atoms with Gasteiger partial charge in [0.15, 0.2) is 0 Å². The Morgan fingerprint density at radius 2 is 1.00 bits per heavy atom. The molecule has 0 rings (SSSR count). The van der Waals surface area contributed by atoms with E-state index in [0.717, 1.165) is 38.5 Å². The minimum Gasteiger partial charge on any atom is -0.756 e. The standard InChI is InChI=1S/C46H90NO7P/c1-6-8-10-12-14-16-18-20-22-23-24-25-26-28-30-32-34-36-38-41-51-43-45(44-53-55(49,50)52-42-40-47(3,4)5)54-46(48)39-37-35-33-31-29-27-21-19-17-15-13-11-9-7-2/h16,18,22-23,45H,6-15,17,19-21,24-44H2,1-5H3/b18-16-,23-22-. The molecule has 0 aliphatic rings. The maximum absolute atomic E-state index is 12.7. The molecule has 2 atom stereocenters. The number of phosphoric ester groups is 1. The highest BCUT2D eigenvalue weighted by atomic mass is 31.2. The molecule has 0 aromatic carbocycles. The topological polar surface area (TPSA) is 94.1 Å². The summed E-state index contributed by atoms with van der Waals surface area (Å²) in [5.74, 6) is -0.334. The van der Waals surface area contributed by atoms with Gasteiger partial charge >= 0.3 is 5.97 Å². The number of rotatable bonds is 43. The Morgan fingerprint density at radius 3 is 1.49 bits per heavy atom. The van der Waals surface area contributed by atoms with E-state index in [2.05, 4.69) is 38.2 Å². The molecule has 0 saturated carbocycles. The maximum Gasteiger partial charge on any atom is 0.306 e. The first-order valence-corrected chi connectivity index (χ1v) is 24.5. The van der Waals surface area contributed by atoms with Gasteiger partial charge in [-0.25, -0.2) is 0 Å². The molecule has 0 spiro atoms. The van der Waals surface area contributed by atoms with E-state index in [0.29, 0.717) is 24.1 Å². The zero-order valence-electron chi connectivity index (χ0n) is 36.9. The van der Waals surface area contributed by atoms with Crippen molar-refractivity contribution in [2.24, 2.45) is 0 Å². The molecular weight excluding hydrogens is 709 g/mol. The molecule has 0 heterocycles. The summed E-state index contributed by atoms with van der Waals surface area (Å²) >= 11 is 0. The van der Waals surface area contributed by atoms with E-state index < -0.39 is 13.9 Å². The number of esters is 1. The molecule has 0 aromatic heterocycles. The molecule has 0 radical (unpaired) electrons. The zero-order chi connectivity index (χ0) is 40.6. The quantitative estimate of drug-likeness (QED) is 0.0199. The number of hydrogen-bond donors (Lipinski definition) is 0. The summed E-state index contributed by atoms with van der Waals surface area (Å²) in [4.78, 5) is 25.1. The van der Waals surface area contributed by atoms with E-state index in [1.807, 2.05) is 21.1 Å². The Kier molecular flexibility index (Phi) is 39.1. The molecule has 0 aliphatic carbocycles. The number of quaternary nitrogens is 1. The summed E-state index contributed by atoms with van der Waals surface area (Å²) in [5.41, 5.74) is 0. The van der Waals surface area contributed by atoms with E-state index in [9.17, 15) is 14.3 Å². The van der Waals surface area contributed by atoms with Crippen molar-refractivity contribution in [2.75, 3.05) is 54.1 Å². The van der Waals surface area contributed by atoms with Gasteiger partial charge < -0.3 is 27.9 Å². The molecule has 2 unspecified atom stereocenters. The number of unbranched alkanes of at least 4 members (excludes halogenated alkanes) is 25. The van der Waals surface area contributed by atoms with Crippen LogP contribution in [0.4, 0.5) is 0 Å². The van der Waals surface area contributed by atoms with Crippen LogP contribution in [0.25, 0.3) is 0 Å². The molecular formula is C46H90NO7P. The summed E-state index contributed by atoms with van der Waals surface area (Å²) in [6, 6.07) is 0. The van der Waals surface area contributed by atoms with Gasteiger partial charge in [-0.05, 0) is 44.9 Å². The van der Waals surface area contributed by atoms with Crippen molar-refractivity contribution in [1.82, 2.24) is 0 Å². The van der Waals surface area contributed by atoms with Gasteiger partial charge in [0, 0.05) is 13.0 Å².